The molecule has 0 radical (unpaired) electrons. The summed E-state index contributed by atoms with van der Waals surface area (Å²) >= 11 is 0. The predicted molar refractivity (Wildman–Crippen MR) is 183 cm³/mol. The number of ketones is 4. The average Bonchev–Trinajstić information content (AvgIpc) is 3.56. The second kappa shape index (κ2) is 14.8. The zero-order chi connectivity index (χ0) is 36.5. The number of ether oxygens (including phenoxy) is 1. The molecule has 0 unspecified atom stereocenters. The molecule has 1 saturated carbocycles. The summed E-state index contributed by atoms with van der Waals surface area (Å²) in [6.45, 7) is 15.2. The first-order valence-electron chi connectivity index (χ1n) is 17.9. The molecule has 2 heterocycles. The van der Waals surface area contributed by atoms with E-state index in [1.165, 1.54) is 15.9 Å². The lowest BCUT2D eigenvalue weighted by molar-refractivity contribution is -0.147. The molecule has 1 saturated heterocycles. The van der Waals surface area contributed by atoms with Crippen molar-refractivity contribution in [1.82, 2.24) is 9.80 Å². The summed E-state index contributed by atoms with van der Waals surface area (Å²) in [6, 6.07) is 3.68. The standard InChI is InChI=1S/C39H55FN2O7/c1-9-11-25(34(46)33(45)16-24-14-15-24)17-32(44)31-20-39(8,49-36(48)41-21-26-12-10-13-30(40)28(26)22-41)23-42(31)35(47)29(38(5,6)7)18-27(43)19-37(2,3)4/h10,12-13,24-25,29,31H,9,11,14-23H2,1-8H3/t25-,29-,31+,39+/m1/s1. The van der Waals surface area contributed by atoms with Gasteiger partial charge in [-0.25, -0.2) is 9.18 Å². The number of fused-ring (bicyclic) bond motifs is 1. The molecule has 9 nitrogen and oxygen atoms in total. The van der Waals surface area contributed by atoms with Gasteiger partial charge in [0, 0.05) is 56.0 Å². The molecule has 10 heteroatoms. The molecule has 3 aliphatic rings. The molecule has 0 N–H and O–H groups in total. The Labute approximate surface area is 290 Å². The average molecular weight is 683 g/mol. The maximum atomic E-state index is 14.5. The van der Waals surface area contributed by atoms with Crippen LogP contribution in [0.5, 0.6) is 0 Å². The minimum atomic E-state index is -1.27. The van der Waals surface area contributed by atoms with Gasteiger partial charge in [-0.05, 0) is 54.6 Å². The first kappa shape index (κ1) is 38.4. The fraction of sp³-hybridized carbons (Fsp3) is 0.692. The number of Topliss-reactive ketones (excluding diaryl/α,β-unsaturated/α-hetero) is 4. The molecule has 0 spiro atoms. The highest BCUT2D eigenvalue weighted by Crippen LogP contribution is 2.40. The maximum Gasteiger partial charge on any atom is 0.410 e. The van der Waals surface area contributed by atoms with Crippen LogP contribution >= 0.6 is 0 Å². The van der Waals surface area contributed by atoms with E-state index in [9.17, 15) is 33.2 Å². The van der Waals surface area contributed by atoms with Crippen LogP contribution in [0.15, 0.2) is 18.2 Å². The number of hydrogen-bond donors (Lipinski definition) is 0. The summed E-state index contributed by atoms with van der Waals surface area (Å²) in [5.74, 6) is -3.49. The summed E-state index contributed by atoms with van der Waals surface area (Å²) in [4.78, 5) is 84.3. The van der Waals surface area contributed by atoms with Gasteiger partial charge in [0.25, 0.3) is 0 Å². The van der Waals surface area contributed by atoms with Gasteiger partial charge in [-0.15, -0.1) is 0 Å². The molecule has 4 atom stereocenters. The SMILES string of the molecule is CCC[C@H](CC(=O)[C@@H]1C[C@](C)(OC(=O)N2Cc3cccc(F)c3C2)CN1C(=O)[C@@H](CC(=O)CC(C)(C)C)C(C)(C)C)C(=O)C(=O)CC1CC1. The number of likely N-dealkylation sites (tertiary alicyclic amines) is 1. The maximum absolute atomic E-state index is 14.5. The summed E-state index contributed by atoms with van der Waals surface area (Å²) in [5.41, 5.74) is -1.05. The third-order valence-corrected chi connectivity index (χ3v) is 10.1. The quantitative estimate of drug-likeness (QED) is 0.194. The van der Waals surface area contributed by atoms with Gasteiger partial charge in [0.1, 0.15) is 17.2 Å². The van der Waals surface area contributed by atoms with Crippen molar-refractivity contribution in [2.75, 3.05) is 6.54 Å². The highest BCUT2D eigenvalue weighted by Gasteiger charge is 2.52. The molecule has 1 aromatic carbocycles. The van der Waals surface area contributed by atoms with Gasteiger partial charge in [-0.2, -0.15) is 0 Å². The summed E-state index contributed by atoms with van der Waals surface area (Å²) < 4.78 is 20.5. The smallest absolute Gasteiger partial charge is 0.410 e. The number of nitrogens with zero attached hydrogens (tertiary/aromatic N) is 2. The first-order valence-corrected chi connectivity index (χ1v) is 17.9. The van der Waals surface area contributed by atoms with E-state index in [0.29, 0.717) is 30.4 Å². The number of carbonyl (C=O) groups is 6. The molecule has 2 aliphatic heterocycles. The topological polar surface area (TPSA) is 118 Å². The number of carbonyl (C=O) groups excluding carboxylic acids is 6. The van der Waals surface area contributed by atoms with Crippen LogP contribution in [0.3, 0.4) is 0 Å². The second-order valence-electron chi connectivity index (χ2n) is 17.2. The van der Waals surface area contributed by atoms with E-state index in [4.69, 9.17) is 4.74 Å². The first-order chi connectivity index (χ1) is 22.7. The van der Waals surface area contributed by atoms with Gasteiger partial charge in [0.2, 0.25) is 11.7 Å². The zero-order valence-electron chi connectivity index (χ0n) is 30.7. The Balaban J connectivity index is 1.59. The molecule has 2 fully saturated rings. The van der Waals surface area contributed by atoms with Crippen LogP contribution in [-0.2, 0) is 41.8 Å². The van der Waals surface area contributed by atoms with E-state index in [-0.39, 0.29) is 74.1 Å². The van der Waals surface area contributed by atoms with Gasteiger partial charge in [0.05, 0.1) is 19.1 Å². The Morgan fingerprint density at radius 2 is 1.67 bits per heavy atom. The van der Waals surface area contributed by atoms with Crippen LogP contribution in [0.1, 0.15) is 124 Å². The van der Waals surface area contributed by atoms with Crippen molar-refractivity contribution in [3.8, 4) is 0 Å². The highest BCUT2D eigenvalue weighted by atomic mass is 19.1. The van der Waals surface area contributed by atoms with E-state index in [2.05, 4.69) is 0 Å². The van der Waals surface area contributed by atoms with Gasteiger partial charge in [-0.1, -0.05) is 67.0 Å². The predicted octanol–water partition coefficient (Wildman–Crippen LogP) is 7.01. The van der Waals surface area contributed by atoms with E-state index in [1.807, 2.05) is 48.5 Å². The Kier molecular flexibility index (Phi) is 11.6. The van der Waals surface area contributed by atoms with Crippen LogP contribution in [0.4, 0.5) is 9.18 Å². The second-order valence-corrected chi connectivity index (χ2v) is 17.2. The van der Waals surface area contributed by atoms with Gasteiger partial charge in [0.15, 0.2) is 11.6 Å². The Hall–Kier alpha value is -3.43. The van der Waals surface area contributed by atoms with Crippen LogP contribution in [0.25, 0.3) is 0 Å². The van der Waals surface area contributed by atoms with E-state index < -0.39 is 52.4 Å². The highest BCUT2D eigenvalue weighted by molar-refractivity contribution is 6.38. The normalized spacial score (nSPS) is 22.0. The zero-order valence-corrected chi connectivity index (χ0v) is 30.7. The monoisotopic (exact) mass is 682 g/mol. The van der Waals surface area contributed by atoms with Crippen molar-refractivity contribution in [3.63, 3.8) is 0 Å². The molecule has 1 aromatic rings. The van der Waals surface area contributed by atoms with Crippen molar-refractivity contribution < 1.29 is 37.9 Å². The van der Waals surface area contributed by atoms with Gasteiger partial charge >= 0.3 is 6.09 Å². The van der Waals surface area contributed by atoms with Gasteiger partial charge in [-0.3, -0.25) is 28.9 Å². The molecule has 270 valence electrons. The molecule has 1 aliphatic carbocycles. The van der Waals surface area contributed by atoms with Crippen LogP contribution < -0.4 is 0 Å². The molecular weight excluding hydrogens is 627 g/mol. The number of amides is 2. The van der Waals surface area contributed by atoms with E-state index >= 15 is 0 Å². The van der Waals surface area contributed by atoms with Crippen molar-refractivity contribution in [3.05, 3.63) is 35.1 Å². The summed E-state index contributed by atoms with van der Waals surface area (Å²) in [6.07, 6.45) is 2.43. The van der Waals surface area contributed by atoms with Crippen molar-refractivity contribution in [2.24, 2.45) is 28.6 Å². The Morgan fingerprint density at radius 3 is 2.24 bits per heavy atom. The van der Waals surface area contributed by atoms with Crippen molar-refractivity contribution >= 4 is 35.1 Å². The third kappa shape index (κ3) is 9.85. The lowest BCUT2D eigenvalue weighted by Crippen LogP contribution is -2.48. The van der Waals surface area contributed by atoms with Gasteiger partial charge < -0.3 is 9.64 Å². The number of benzene rings is 1. The molecule has 49 heavy (non-hydrogen) atoms. The van der Waals surface area contributed by atoms with Crippen molar-refractivity contribution in [1.29, 1.82) is 0 Å². The minimum absolute atomic E-state index is 0.00225. The minimum Gasteiger partial charge on any atom is -0.441 e. The number of hydrogen-bond acceptors (Lipinski definition) is 7. The molecule has 4 rings (SSSR count). The Morgan fingerprint density at radius 1 is 1.00 bits per heavy atom. The van der Waals surface area contributed by atoms with E-state index in [0.717, 1.165) is 12.8 Å². The van der Waals surface area contributed by atoms with Crippen molar-refractivity contribution in [2.45, 2.75) is 138 Å². The lowest BCUT2D eigenvalue weighted by Gasteiger charge is -2.35. The largest absolute Gasteiger partial charge is 0.441 e. The molecule has 0 aromatic heterocycles. The summed E-state index contributed by atoms with van der Waals surface area (Å²) in [7, 11) is 0. The van der Waals surface area contributed by atoms with Crippen LogP contribution in [0.2, 0.25) is 0 Å². The fourth-order valence-electron chi connectivity index (χ4n) is 7.25. The van der Waals surface area contributed by atoms with Crippen LogP contribution in [0, 0.1) is 34.4 Å². The molecular formula is C39H55FN2O7. The number of rotatable bonds is 14. The Bertz CT molecular complexity index is 1470. The summed E-state index contributed by atoms with van der Waals surface area (Å²) in [5, 5.41) is 0. The number of halogens is 1. The fourth-order valence-corrected chi connectivity index (χ4v) is 7.25. The third-order valence-electron chi connectivity index (χ3n) is 10.1. The van der Waals surface area contributed by atoms with E-state index in [1.54, 1.807) is 19.1 Å². The molecule has 2 amide bonds. The molecule has 0 bridgehead atoms. The lowest BCUT2D eigenvalue weighted by atomic mass is 9.75. The van der Waals surface area contributed by atoms with Crippen LogP contribution in [-0.4, -0.2) is 63.1 Å².